The summed E-state index contributed by atoms with van der Waals surface area (Å²) in [6, 6.07) is 5.53. The molecule has 2 heterocycles. The number of halogens is 3. The van der Waals surface area contributed by atoms with Crippen LogP contribution in [0.15, 0.2) is 30.5 Å². The average molecular weight is 395 g/mol. The molecular formula is C21H28F3N3O. The Morgan fingerprint density at radius 3 is 2.64 bits per heavy atom. The number of imidazole rings is 1. The smallest absolute Gasteiger partial charge is 0.383 e. The van der Waals surface area contributed by atoms with Gasteiger partial charge in [0.15, 0.2) is 0 Å². The molecule has 4 nitrogen and oxygen atoms in total. The minimum absolute atomic E-state index is 0.506. The second-order valence-corrected chi connectivity index (χ2v) is 7.60. The third-order valence-electron chi connectivity index (χ3n) is 5.42. The first-order valence-corrected chi connectivity index (χ1v) is 9.75. The molecule has 154 valence electrons. The third-order valence-corrected chi connectivity index (χ3v) is 5.42. The molecule has 1 saturated heterocycles. The van der Waals surface area contributed by atoms with Crippen LogP contribution in [0.2, 0.25) is 0 Å². The highest BCUT2D eigenvalue weighted by atomic mass is 19.4. The van der Waals surface area contributed by atoms with Gasteiger partial charge in [-0.05, 0) is 49.9 Å². The van der Waals surface area contributed by atoms with Crippen LogP contribution in [-0.2, 0) is 30.4 Å². The number of aryl methyl sites for hydroxylation is 1. The second-order valence-electron chi connectivity index (χ2n) is 7.60. The molecule has 2 aromatic rings. The van der Waals surface area contributed by atoms with E-state index in [1.807, 2.05) is 6.20 Å². The van der Waals surface area contributed by atoms with Crippen LogP contribution in [0.25, 0.3) is 0 Å². The van der Waals surface area contributed by atoms with Crippen LogP contribution in [0, 0.1) is 12.8 Å². The van der Waals surface area contributed by atoms with Gasteiger partial charge in [-0.25, -0.2) is 4.98 Å². The number of hydrogen-bond donors (Lipinski definition) is 0. The van der Waals surface area contributed by atoms with Crippen molar-refractivity contribution in [3.8, 4) is 0 Å². The fraction of sp³-hybridized carbons (Fsp3) is 0.571. The van der Waals surface area contributed by atoms with Crippen LogP contribution in [0.5, 0.6) is 0 Å². The molecule has 0 spiro atoms. The van der Waals surface area contributed by atoms with E-state index in [9.17, 15) is 13.2 Å². The summed E-state index contributed by atoms with van der Waals surface area (Å²) in [4.78, 5) is 6.93. The molecule has 1 aromatic heterocycles. The van der Waals surface area contributed by atoms with Gasteiger partial charge in [-0.3, -0.25) is 4.90 Å². The highest BCUT2D eigenvalue weighted by Gasteiger charge is 2.30. The maximum absolute atomic E-state index is 12.7. The number of ether oxygens (including phenoxy) is 1. The van der Waals surface area contributed by atoms with Gasteiger partial charge < -0.3 is 9.30 Å². The Morgan fingerprint density at radius 2 is 1.96 bits per heavy atom. The minimum atomic E-state index is -4.28. The van der Waals surface area contributed by atoms with Gasteiger partial charge >= 0.3 is 6.18 Å². The van der Waals surface area contributed by atoms with Crippen LogP contribution in [0.3, 0.4) is 0 Å². The van der Waals surface area contributed by atoms with E-state index in [0.29, 0.717) is 19.1 Å². The van der Waals surface area contributed by atoms with Gasteiger partial charge in [0, 0.05) is 45.1 Å². The SMILES string of the molecule is COCCn1c(C)cnc1CC1CCCN(Cc2ccc(C(F)(F)F)cc2)C1. The lowest BCUT2D eigenvalue weighted by Gasteiger charge is -2.32. The molecule has 0 aliphatic carbocycles. The van der Waals surface area contributed by atoms with E-state index < -0.39 is 11.7 Å². The number of rotatable bonds is 7. The number of likely N-dealkylation sites (tertiary alicyclic amines) is 1. The Hall–Kier alpha value is -1.86. The molecule has 1 fully saturated rings. The lowest BCUT2D eigenvalue weighted by molar-refractivity contribution is -0.137. The van der Waals surface area contributed by atoms with E-state index in [2.05, 4.69) is 21.4 Å². The van der Waals surface area contributed by atoms with Crippen molar-refractivity contribution < 1.29 is 17.9 Å². The van der Waals surface area contributed by atoms with Crippen LogP contribution >= 0.6 is 0 Å². The van der Waals surface area contributed by atoms with Crippen LogP contribution < -0.4 is 0 Å². The van der Waals surface area contributed by atoms with E-state index >= 15 is 0 Å². The summed E-state index contributed by atoms with van der Waals surface area (Å²) in [7, 11) is 1.70. The Labute approximate surface area is 164 Å². The zero-order valence-electron chi connectivity index (χ0n) is 16.5. The van der Waals surface area contributed by atoms with Crippen molar-refractivity contribution in [1.29, 1.82) is 0 Å². The van der Waals surface area contributed by atoms with E-state index in [-0.39, 0.29) is 0 Å². The molecule has 1 aromatic carbocycles. The summed E-state index contributed by atoms with van der Waals surface area (Å²) in [5.74, 6) is 1.60. The summed E-state index contributed by atoms with van der Waals surface area (Å²) in [6.07, 6.45) is 0.801. The number of benzene rings is 1. The van der Waals surface area contributed by atoms with Gasteiger partial charge in [0.2, 0.25) is 0 Å². The summed E-state index contributed by atoms with van der Waals surface area (Å²) < 4.78 is 45.6. The summed E-state index contributed by atoms with van der Waals surface area (Å²) >= 11 is 0. The lowest BCUT2D eigenvalue weighted by Crippen LogP contribution is -2.36. The topological polar surface area (TPSA) is 30.3 Å². The van der Waals surface area contributed by atoms with Gasteiger partial charge in [-0.1, -0.05) is 12.1 Å². The Morgan fingerprint density at radius 1 is 1.21 bits per heavy atom. The Kier molecular flexibility index (Phi) is 6.78. The zero-order chi connectivity index (χ0) is 20.1. The summed E-state index contributed by atoms with van der Waals surface area (Å²) in [5, 5.41) is 0. The first kappa shape index (κ1) is 20.9. The second kappa shape index (κ2) is 9.09. The highest BCUT2D eigenvalue weighted by Crippen LogP contribution is 2.29. The van der Waals surface area contributed by atoms with Gasteiger partial charge in [-0.15, -0.1) is 0 Å². The van der Waals surface area contributed by atoms with Crippen molar-refractivity contribution in [3.05, 3.63) is 53.1 Å². The molecule has 0 bridgehead atoms. The zero-order valence-corrected chi connectivity index (χ0v) is 16.5. The van der Waals surface area contributed by atoms with E-state index in [1.54, 1.807) is 19.2 Å². The predicted molar refractivity (Wildman–Crippen MR) is 102 cm³/mol. The number of methoxy groups -OCH3 is 1. The van der Waals surface area contributed by atoms with Crippen molar-refractivity contribution in [2.24, 2.45) is 5.92 Å². The Balaban J connectivity index is 1.59. The fourth-order valence-corrected chi connectivity index (χ4v) is 3.94. The van der Waals surface area contributed by atoms with Crippen LogP contribution in [0.1, 0.15) is 35.5 Å². The maximum Gasteiger partial charge on any atom is 0.416 e. The van der Waals surface area contributed by atoms with E-state index in [4.69, 9.17) is 4.74 Å². The first-order valence-electron chi connectivity index (χ1n) is 9.75. The quantitative estimate of drug-likeness (QED) is 0.700. The molecule has 1 aliphatic heterocycles. The standard InChI is InChI=1S/C21H28F3N3O/c1-16-13-25-20(27(16)10-11-28-2)12-18-4-3-9-26(15-18)14-17-5-7-19(8-6-17)21(22,23)24/h5-8,13,18H,3-4,9-12,14-15H2,1-2H3. The predicted octanol–water partition coefficient (Wildman–Crippen LogP) is 4.31. The number of nitrogens with zero attached hydrogens (tertiary/aromatic N) is 3. The van der Waals surface area contributed by atoms with Gasteiger partial charge in [0.05, 0.1) is 12.2 Å². The lowest BCUT2D eigenvalue weighted by atomic mass is 9.94. The maximum atomic E-state index is 12.7. The number of piperidine rings is 1. The van der Waals surface area contributed by atoms with Gasteiger partial charge in [0.25, 0.3) is 0 Å². The van der Waals surface area contributed by atoms with Crippen LogP contribution in [0.4, 0.5) is 13.2 Å². The summed E-state index contributed by atoms with van der Waals surface area (Å²) in [5.41, 5.74) is 1.47. The highest BCUT2D eigenvalue weighted by molar-refractivity contribution is 5.24. The van der Waals surface area contributed by atoms with E-state index in [1.165, 1.54) is 12.1 Å². The van der Waals surface area contributed by atoms with Gasteiger partial charge in [0.1, 0.15) is 5.82 Å². The summed E-state index contributed by atoms with van der Waals surface area (Å²) in [6.45, 7) is 6.14. The monoisotopic (exact) mass is 395 g/mol. The fourth-order valence-electron chi connectivity index (χ4n) is 3.94. The number of aromatic nitrogens is 2. The third kappa shape index (κ3) is 5.35. The molecule has 0 N–H and O–H groups in total. The normalized spacial score (nSPS) is 18.5. The van der Waals surface area contributed by atoms with Crippen molar-refractivity contribution in [2.45, 2.75) is 45.5 Å². The van der Waals surface area contributed by atoms with Crippen molar-refractivity contribution >= 4 is 0 Å². The van der Waals surface area contributed by atoms with Crippen molar-refractivity contribution in [1.82, 2.24) is 14.5 Å². The van der Waals surface area contributed by atoms with Crippen LogP contribution in [-0.4, -0.2) is 41.3 Å². The number of alkyl halides is 3. The largest absolute Gasteiger partial charge is 0.416 e. The molecule has 1 aliphatic rings. The Bertz CT molecular complexity index is 755. The molecular weight excluding hydrogens is 367 g/mol. The molecule has 7 heteroatoms. The minimum Gasteiger partial charge on any atom is -0.383 e. The van der Waals surface area contributed by atoms with Crippen molar-refractivity contribution in [3.63, 3.8) is 0 Å². The van der Waals surface area contributed by atoms with Gasteiger partial charge in [-0.2, -0.15) is 13.2 Å². The number of hydrogen-bond acceptors (Lipinski definition) is 3. The molecule has 0 amide bonds. The van der Waals surface area contributed by atoms with E-state index in [0.717, 1.165) is 56.0 Å². The molecule has 1 atom stereocenters. The molecule has 0 radical (unpaired) electrons. The first-order chi connectivity index (χ1) is 13.4. The molecule has 0 saturated carbocycles. The molecule has 28 heavy (non-hydrogen) atoms. The van der Waals surface area contributed by atoms with Crippen molar-refractivity contribution in [2.75, 3.05) is 26.8 Å². The molecule has 1 unspecified atom stereocenters. The molecule has 3 rings (SSSR count). The average Bonchev–Trinajstić information content (AvgIpc) is 2.99.